The number of rotatable bonds is 7. The van der Waals surface area contributed by atoms with E-state index in [-0.39, 0.29) is 0 Å². The maximum absolute atomic E-state index is 8.92. The van der Waals surface area contributed by atoms with Crippen molar-refractivity contribution >= 4 is 11.3 Å². The molecule has 2 unspecified atom stereocenters. The average molecular weight is 267 g/mol. The van der Waals surface area contributed by atoms with Crippen LogP contribution in [0.4, 0.5) is 0 Å². The van der Waals surface area contributed by atoms with Gasteiger partial charge >= 0.3 is 0 Å². The second kappa shape index (κ2) is 7.27. The summed E-state index contributed by atoms with van der Waals surface area (Å²) >= 11 is 1.87. The molecule has 0 aromatic carbocycles. The van der Waals surface area contributed by atoms with Crippen molar-refractivity contribution in [3.8, 4) is 0 Å². The highest BCUT2D eigenvalue weighted by Gasteiger charge is 2.27. The number of hydrogen-bond acceptors (Lipinski definition) is 3. The van der Waals surface area contributed by atoms with Gasteiger partial charge in [0.1, 0.15) is 0 Å². The molecule has 1 heterocycles. The number of hydrogen-bond donors (Lipinski definition) is 2. The monoisotopic (exact) mass is 267 g/mol. The van der Waals surface area contributed by atoms with Crippen molar-refractivity contribution in [3.05, 3.63) is 22.4 Å². The number of aliphatic hydroxyl groups is 1. The Balaban J connectivity index is 1.96. The fraction of sp³-hybridized carbons (Fsp3) is 0.733. The predicted octanol–water partition coefficient (Wildman–Crippen LogP) is 3.73. The Morgan fingerprint density at radius 3 is 2.83 bits per heavy atom. The highest BCUT2D eigenvalue weighted by Crippen LogP contribution is 2.37. The largest absolute Gasteiger partial charge is 0.396 e. The Morgan fingerprint density at radius 1 is 1.44 bits per heavy atom. The minimum absolute atomic E-state index is 0.305. The van der Waals surface area contributed by atoms with Gasteiger partial charge in [0.05, 0.1) is 0 Å². The molecular weight excluding hydrogens is 242 g/mol. The number of aliphatic hydroxyl groups excluding tert-OH is 1. The molecule has 1 aromatic rings. The molecule has 2 N–H and O–H groups in total. The lowest BCUT2D eigenvalue weighted by molar-refractivity contribution is 0.266. The van der Waals surface area contributed by atoms with Crippen LogP contribution in [0.1, 0.15) is 56.4 Å². The lowest BCUT2D eigenvalue weighted by atomic mass is 9.95. The van der Waals surface area contributed by atoms with Gasteiger partial charge in [-0.2, -0.15) is 0 Å². The quantitative estimate of drug-likeness (QED) is 0.789. The van der Waals surface area contributed by atoms with Crippen molar-refractivity contribution in [1.29, 1.82) is 0 Å². The fourth-order valence-electron chi connectivity index (χ4n) is 3.00. The summed E-state index contributed by atoms with van der Waals surface area (Å²) in [6.07, 6.45) is 7.46. The topological polar surface area (TPSA) is 32.3 Å². The molecule has 2 rings (SSSR count). The molecule has 0 amide bonds. The van der Waals surface area contributed by atoms with Gasteiger partial charge in [0.15, 0.2) is 0 Å². The third kappa shape index (κ3) is 3.81. The van der Waals surface area contributed by atoms with Gasteiger partial charge in [-0.3, -0.25) is 0 Å². The van der Waals surface area contributed by atoms with Crippen molar-refractivity contribution in [1.82, 2.24) is 5.32 Å². The van der Waals surface area contributed by atoms with Crippen LogP contribution in [0.25, 0.3) is 0 Å². The van der Waals surface area contributed by atoms with E-state index in [2.05, 4.69) is 29.8 Å². The summed E-state index contributed by atoms with van der Waals surface area (Å²) in [7, 11) is 0. The maximum Gasteiger partial charge on any atom is 0.0445 e. The zero-order valence-electron chi connectivity index (χ0n) is 11.3. The zero-order chi connectivity index (χ0) is 12.8. The zero-order valence-corrected chi connectivity index (χ0v) is 12.1. The normalized spacial score (nSPS) is 20.1. The van der Waals surface area contributed by atoms with Crippen LogP contribution in [-0.4, -0.2) is 17.8 Å². The SMILES string of the molecule is CC(CCCO)NC(c1cccs1)C1CCCC1. The van der Waals surface area contributed by atoms with E-state index < -0.39 is 0 Å². The summed E-state index contributed by atoms with van der Waals surface area (Å²) < 4.78 is 0. The van der Waals surface area contributed by atoms with E-state index in [0.717, 1.165) is 18.8 Å². The predicted molar refractivity (Wildman–Crippen MR) is 77.9 cm³/mol. The lowest BCUT2D eigenvalue weighted by Crippen LogP contribution is -2.34. The standard InChI is InChI=1S/C15H25NOS/c1-12(6-4-10-17)16-15(13-7-2-3-8-13)14-9-5-11-18-14/h5,9,11-13,15-17H,2-4,6-8,10H2,1H3. The molecule has 2 nitrogen and oxygen atoms in total. The molecular formula is C15H25NOS. The Labute approximate surface area is 114 Å². The van der Waals surface area contributed by atoms with E-state index in [1.165, 1.54) is 30.6 Å². The van der Waals surface area contributed by atoms with Crippen molar-refractivity contribution in [3.63, 3.8) is 0 Å². The molecule has 0 spiro atoms. The van der Waals surface area contributed by atoms with E-state index in [0.29, 0.717) is 18.7 Å². The van der Waals surface area contributed by atoms with Gasteiger partial charge in [-0.1, -0.05) is 18.9 Å². The molecule has 2 atom stereocenters. The van der Waals surface area contributed by atoms with Gasteiger partial charge in [0.2, 0.25) is 0 Å². The molecule has 0 radical (unpaired) electrons. The van der Waals surface area contributed by atoms with Gasteiger partial charge in [-0.15, -0.1) is 11.3 Å². The minimum atomic E-state index is 0.305. The summed E-state index contributed by atoms with van der Waals surface area (Å²) in [6.45, 7) is 2.55. The molecule has 102 valence electrons. The first-order chi connectivity index (χ1) is 8.81. The molecule has 1 fully saturated rings. The molecule has 1 aliphatic rings. The van der Waals surface area contributed by atoms with E-state index in [1.807, 2.05) is 11.3 Å². The van der Waals surface area contributed by atoms with Gasteiger partial charge in [-0.25, -0.2) is 0 Å². The Bertz CT molecular complexity index is 319. The van der Waals surface area contributed by atoms with E-state index in [1.54, 1.807) is 0 Å². The second-order valence-corrected chi connectivity index (χ2v) is 6.45. The molecule has 1 aliphatic carbocycles. The van der Waals surface area contributed by atoms with Gasteiger partial charge in [0, 0.05) is 23.6 Å². The van der Waals surface area contributed by atoms with Crippen molar-refractivity contribution < 1.29 is 5.11 Å². The third-order valence-electron chi connectivity index (χ3n) is 3.98. The fourth-order valence-corrected chi connectivity index (χ4v) is 3.88. The van der Waals surface area contributed by atoms with Gasteiger partial charge in [0.25, 0.3) is 0 Å². The van der Waals surface area contributed by atoms with Crippen molar-refractivity contribution in [2.24, 2.45) is 5.92 Å². The molecule has 0 bridgehead atoms. The summed E-state index contributed by atoms with van der Waals surface area (Å²) in [5.41, 5.74) is 0. The molecule has 0 saturated heterocycles. The number of nitrogens with one attached hydrogen (secondary N) is 1. The first-order valence-corrected chi connectivity index (χ1v) is 8.09. The summed E-state index contributed by atoms with van der Waals surface area (Å²) in [5.74, 6) is 0.806. The Kier molecular flexibility index (Phi) is 5.67. The van der Waals surface area contributed by atoms with Crippen LogP contribution in [-0.2, 0) is 0 Å². The molecule has 18 heavy (non-hydrogen) atoms. The molecule has 3 heteroatoms. The van der Waals surface area contributed by atoms with Crippen molar-refractivity contribution in [2.45, 2.75) is 57.5 Å². The van der Waals surface area contributed by atoms with E-state index in [9.17, 15) is 0 Å². The Hall–Kier alpha value is -0.380. The van der Waals surface area contributed by atoms with Crippen LogP contribution < -0.4 is 5.32 Å². The molecule has 1 saturated carbocycles. The van der Waals surface area contributed by atoms with Crippen LogP contribution in [0.15, 0.2) is 17.5 Å². The molecule has 1 aromatic heterocycles. The molecule has 0 aliphatic heterocycles. The van der Waals surface area contributed by atoms with E-state index >= 15 is 0 Å². The Morgan fingerprint density at radius 2 is 2.22 bits per heavy atom. The van der Waals surface area contributed by atoms with E-state index in [4.69, 9.17) is 5.11 Å². The maximum atomic E-state index is 8.92. The van der Waals surface area contributed by atoms with Gasteiger partial charge < -0.3 is 10.4 Å². The lowest BCUT2D eigenvalue weighted by Gasteiger charge is -2.27. The summed E-state index contributed by atoms with van der Waals surface area (Å²) in [6, 6.07) is 5.44. The number of thiophene rings is 1. The van der Waals surface area contributed by atoms with Gasteiger partial charge in [-0.05, 0) is 50.0 Å². The van der Waals surface area contributed by atoms with Crippen LogP contribution in [0, 0.1) is 5.92 Å². The van der Waals surface area contributed by atoms with Crippen molar-refractivity contribution in [2.75, 3.05) is 6.61 Å². The second-order valence-electron chi connectivity index (χ2n) is 5.47. The van der Waals surface area contributed by atoms with Crippen LogP contribution in [0.5, 0.6) is 0 Å². The first kappa shape index (κ1) is 14.0. The highest BCUT2D eigenvalue weighted by molar-refractivity contribution is 7.10. The summed E-state index contributed by atoms with van der Waals surface area (Å²) in [5, 5.41) is 14.9. The average Bonchev–Trinajstić information content (AvgIpc) is 3.05. The highest BCUT2D eigenvalue weighted by atomic mass is 32.1. The smallest absolute Gasteiger partial charge is 0.0445 e. The minimum Gasteiger partial charge on any atom is -0.396 e. The third-order valence-corrected chi connectivity index (χ3v) is 4.94. The summed E-state index contributed by atoms with van der Waals surface area (Å²) in [4.78, 5) is 1.48. The van der Waals surface area contributed by atoms with Crippen LogP contribution in [0.2, 0.25) is 0 Å². The van der Waals surface area contributed by atoms with Crippen LogP contribution in [0.3, 0.4) is 0 Å². The first-order valence-electron chi connectivity index (χ1n) is 7.21. The van der Waals surface area contributed by atoms with Crippen LogP contribution >= 0.6 is 11.3 Å².